The van der Waals surface area contributed by atoms with Crippen LogP contribution in [-0.4, -0.2) is 29.4 Å². The highest BCUT2D eigenvalue weighted by Gasteiger charge is 2.10. The summed E-state index contributed by atoms with van der Waals surface area (Å²) in [7, 11) is 1.34. The second-order valence-corrected chi connectivity index (χ2v) is 5.30. The van der Waals surface area contributed by atoms with Gasteiger partial charge in [0.2, 0.25) is 0 Å². The Kier molecular flexibility index (Phi) is 6.01. The Labute approximate surface area is 120 Å². The monoisotopic (exact) mass is 331 g/mol. The molecule has 0 aromatic carbocycles. The molecule has 7 heteroatoms. The van der Waals surface area contributed by atoms with E-state index in [-0.39, 0.29) is 17.9 Å². The van der Waals surface area contributed by atoms with Crippen LogP contribution in [0.2, 0.25) is 0 Å². The molecule has 1 N–H and O–H groups in total. The van der Waals surface area contributed by atoms with Gasteiger partial charge in [0.25, 0.3) is 5.56 Å². The molecule has 0 atom stereocenters. The fourth-order valence-corrected chi connectivity index (χ4v) is 1.91. The van der Waals surface area contributed by atoms with Crippen molar-refractivity contribution in [3.05, 3.63) is 21.0 Å². The van der Waals surface area contributed by atoms with Crippen molar-refractivity contribution in [2.24, 2.45) is 5.92 Å². The molecule has 1 aromatic heterocycles. The van der Waals surface area contributed by atoms with E-state index in [1.807, 2.05) is 13.8 Å². The molecule has 6 nitrogen and oxygen atoms in total. The zero-order chi connectivity index (χ0) is 14.4. The minimum atomic E-state index is -0.301. The second-order valence-electron chi connectivity index (χ2n) is 4.51. The van der Waals surface area contributed by atoms with E-state index >= 15 is 0 Å². The lowest BCUT2D eigenvalue weighted by atomic mass is 10.2. The van der Waals surface area contributed by atoms with Gasteiger partial charge in [0.15, 0.2) is 0 Å². The van der Waals surface area contributed by atoms with Crippen molar-refractivity contribution in [3.8, 4) is 0 Å². The summed E-state index contributed by atoms with van der Waals surface area (Å²) in [5.41, 5.74) is 0.394. The van der Waals surface area contributed by atoms with Crippen LogP contribution in [0.1, 0.15) is 20.3 Å². The lowest BCUT2D eigenvalue weighted by molar-refractivity contribution is -0.140. The SMILES string of the molecule is COC(=O)CCNc1cnn(CC(C)C)c(=O)c1Br. The van der Waals surface area contributed by atoms with Gasteiger partial charge >= 0.3 is 5.97 Å². The predicted octanol–water partition coefficient (Wildman–Crippen LogP) is 1.64. The Morgan fingerprint density at radius 1 is 1.58 bits per heavy atom. The van der Waals surface area contributed by atoms with Crippen LogP contribution in [0.3, 0.4) is 0 Å². The first kappa shape index (κ1) is 15.7. The maximum absolute atomic E-state index is 12.0. The maximum Gasteiger partial charge on any atom is 0.307 e. The number of nitrogens with zero attached hydrogens (tertiary/aromatic N) is 2. The first-order chi connectivity index (χ1) is 8.95. The van der Waals surface area contributed by atoms with Crippen molar-refractivity contribution in [2.45, 2.75) is 26.8 Å². The van der Waals surface area contributed by atoms with Crippen molar-refractivity contribution in [3.63, 3.8) is 0 Å². The highest BCUT2D eigenvalue weighted by atomic mass is 79.9. The van der Waals surface area contributed by atoms with E-state index in [0.29, 0.717) is 29.2 Å². The molecule has 1 aromatic rings. The molecule has 0 aliphatic heterocycles. The van der Waals surface area contributed by atoms with Crippen molar-refractivity contribution in [2.75, 3.05) is 19.0 Å². The van der Waals surface area contributed by atoms with Crippen LogP contribution in [0.4, 0.5) is 5.69 Å². The number of rotatable bonds is 6. The number of ether oxygens (including phenoxy) is 1. The maximum atomic E-state index is 12.0. The first-order valence-electron chi connectivity index (χ1n) is 6.02. The van der Waals surface area contributed by atoms with Crippen LogP contribution in [0.25, 0.3) is 0 Å². The Morgan fingerprint density at radius 2 is 2.26 bits per heavy atom. The molecule has 0 spiro atoms. The second kappa shape index (κ2) is 7.28. The molecule has 19 heavy (non-hydrogen) atoms. The fourth-order valence-electron chi connectivity index (χ4n) is 1.47. The number of halogens is 1. The summed E-state index contributed by atoms with van der Waals surface area (Å²) in [6, 6.07) is 0. The Hall–Kier alpha value is -1.37. The summed E-state index contributed by atoms with van der Waals surface area (Å²) in [6.45, 7) is 5.00. The Morgan fingerprint density at radius 3 is 2.84 bits per heavy atom. The van der Waals surface area contributed by atoms with E-state index in [2.05, 4.69) is 31.1 Å². The number of methoxy groups -OCH3 is 1. The number of anilines is 1. The van der Waals surface area contributed by atoms with Gasteiger partial charge in [-0.15, -0.1) is 0 Å². The van der Waals surface area contributed by atoms with Crippen LogP contribution >= 0.6 is 15.9 Å². The van der Waals surface area contributed by atoms with Gasteiger partial charge in [0, 0.05) is 13.1 Å². The standard InChI is InChI=1S/C12H18BrN3O3/c1-8(2)7-16-12(18)11(13)9(6-15-16)14-5-4-10(17)19-3/h6,8,14H,4-5,7H2,1-3H3. The average Bonchev–Trinajstić information content (AvgIpc) is 2.37. The minimum absolute atomic E-state index is 0.184. The third kappa shape index (κ3) is 4.66. The molecule has 0 radical (unpaired) electrons. The number of aromatic nitrogens is 2. The number of nitrogens with one attached hydrogen (secondary N) is 1. The van der Waals surface area contributed by atoms with Gasteiger partial charge in [0.05, 0.1) is 25.4 Å². The molecular formula is C12H18BrN3O3. The zero-order valence-corrected chi connectivity index (χ0v) is 12.9. The molecule has 0 aliphatic rings. The smallest absolute Gasteiger partial charge is 0.307 e. The summed E-state index contributed by atoms with van der Waals surface area (Å²) in [5, 5.41) is 7.07. The lowest BCUT2D eigenvalue weighted by Gasteiger charge is -2.11. The minimum Gasteiger partial charge on any atom is -0.469 e. The molecule has 0 unspecified atom stereocenters. The van der Waals surface area contributed by atoms with Gasteiger partial charge in [-0.05, 0) is 21.8 Å². The predicted molar refractivity (Wildman–Crippen MR) is 76.2 cm³/mol. The van der Waals surface area contributed by atoms with Gasteiger partial charge < -0.3 is 10.1 Å². The molecular weight excluding hydrogens is 314 g/mol. The summed E-state index contributed by atoms with van der Waals surface area (Å²) >= 11 is 3.25. The van der Waals surface area contributed by atoms with Gasteiger partial charge in [-0.3, -0.25) is 9.59 Å². The van der Waals surface area contributed by atoms with E-state index in [1.165, 1.54) is 11.8 Å². The van der Waals surface area contributed by atoms with Gasteiger partial charge in [-0.1, -0.05) is 13.8 Å². The lowest BCUT2D eigenvalue weighted by Crippen LogP contribution is -2.26. The Bertz CT molecular complexity index is 499. The topological polar surface area (TPSA) is 73.2 Å². The number of hydrogen-bond donors (Lipinski definition) is 1. The normalized spacial score (nSPS) is 10.6. The number of hydrogen-bond acceptors (Lipinski definition) is 5. The highest BCUT2D eigenvalue weighted by Crippen LogP contribution is 2.16. The number of carbonyl (C=O) groups is 1. The zero-order valence-electron chi connectivity index (χ0n) is 11.3. The van der Waals surface area contributed by atoms with E-state index < -0.39 is 0 Å². The van der Waals surface area contributed by atoms with Gasteiger partial charge in [-0.2, -0.15) is 5.10 Å². The molecule has 0 saturated carbocycles. The average molecular weight is 332 g/mol. The van der Waals surface area contributed by atoms with E-state index in [9.17, 15) is 9.59 Å². The molecule has 0 amide bonds. The fraction of sp³-hybridized carbons (Fsp3) is 0.583. The van der Waals surface area contributed by atoms with Crippen LogP contribution in [0.15, 0.2) is 15.5 Å². The Balaban J connectivity index is 2.74. The number of carbonyl (C=O) groups excluding carboxylic acids is 1. The van der Waals surface area contributed by atoms with Crippen LogP contribution in [0, 0.1) is 5.92 Å². The summed E-state index contributed by atoms with van der Waals surface area (Å²) in [4.78, 5) is 23.0. The van der Waals surface area contributed by atoms with E-state index in [1.54, 1.807) is 6.20 Å². The molecule has 1 heterocycles. The van der Waals surface area contributed by atoms with Gasteiger partial charge in [-0.25, -0.2) is 4.68 Å². The van der Waals surface area contributed by atoms with Crippen molar-refractivity contribution >= 4 is 27.6 Å². The summed E-state index contributed by atoms with van der Waals surface area (Å²) in [6.07, 6.45) is 1.81. The van der Waals surface area contributed by atoms with Crippen molar-refractivity contribution in [1.82, 2.24) is 9.78 Å². The van der Waals surface area contributed by atoms with Crippen molar-refractivity contribution in [1.29, 1.82) is 0 Å². The third-order valence-electron chi connectivity index (χ3n) is 2.40. The van der Waals surface area contributed by atoms with Crippen LogP contribution in [-0.2, 0) is 16.1 Å². The van der Waals surface area contributed by atoms with Crippen molar-refractivity contribution < 1.29 is 9.53 Å². The molecule has 0 bridgehead atoms. The van der Waals surface area contributed by atoms with Crippen LogP contribution < -0.4 is 10.9 Å². The summed E-state index contributed by atoms with van der Waals surface area (Å²) in [5.74, 6) is 0.0416. The first-order valence-corrected chi connectivity index (χ1v) is 6.81. The molecule has 0 aliphatic carbocycles. The third-order valence-corrected chi connectivity index (χ3v) is 3.16. The highest BCUT2D eigenvalue weighted by molar-refractivity contribution is 9.10. The van der Waals surface area contributed by atoms with E-state index in [4.69, 9.17) is 0 Å². The molecule has 106 valence electrons. The molecule has 1 rings (SSSR count). The quantitative estimate of drug-likeness (QED) is 0.802. The number of esters is 1. The summed E-state index contributed by atoms with van der Waals surface area (Å²) < 4.78 is 6.37. The van der Waals surface area contributed by atoms with Crippen LogP contribution in [0.5, 0.6) is 0 Å². The van der Waals surface area contributed by atoms with Gasteiger partial charge in [0.1, 0.15) is 4.47 Å². The van der Waals surface area contributed by atoms with E-state index in [0.717, 1.165) is 0 Å². The molecule has 0 saturated heterocycles. The molecule has 0 fully saturated rings. The largest absolute Gasteiger partial charge is 0.469 e.